The average molecular weight is 381 g/mol. The number of furan rings is 1. The van der Waals surface area contributed by atoms with E-state index in [0.29, 0.717) is 28.2 Å². The lowest BCUT2D eigenvalue weighted by Crippen LogP contribution is -2.41. The fourth-order valence-corrected chi connectivity index (χ4v) is 3.69. The lowest BCUT2D eigenvalue weighted by atomic mass is 10.2. The number of carbonyl (C=O) groups excluding carboxylic acids is 2. The largest absolute Gasteiger partial charge is 0.466 e. The number of hydrazine groups is 1. The minimum Gasteiger partial charge on any atom is -0.466 e. The first-order valence-corrected chi connectivity index (χ1v) is 9.48. The third kappa shape index (κ3) is 3.26. The molecule has 146 valence electrons. The highest BCUT2D eigenvalue weighted by atomic mass is 16.3. The lowest BCUT2D eigenvalue weighted by Gasteiger charge is -2.09. The van der Waals surface area contributed by atoms with E-state index in [4.69, 9.17) is 9.40 Å². The van der Waals surface area contributed by atoms with Gasteiger partial charge in [-0.2, -0.15) is 0 Å². The predicted octanol–water partition coefficient (Wildman–Crippen LogP) is 2.75. The molecule has 3 aromatic rings. The molecule has 3 aromatic heterocycles. The van der Waals surface area contributed by atoms with E-state index in [2.05, 4.69) is 20.4 Å². The van der Waals surface area contributed by atoms with Gasteiger partial charge in [-0.15, -0.1) is 0 Å². The summed E-state index contributed by atoms with van der Waals surface area (Å²) in [6, 6.07) is 3.34. The van der Waals surface area contributed by atoms with Crippen LogP contribution in [0.5, 0.6) is 0 Å². The highest BCUT2D eigenvalue weighted by molar-refractivity contribution is 6.05. The molecule has 0 aliphatic carbocycles. The van der Waals surface area contributed by atoms with Gasteiger partial charge in [-0.1, -0.05) is 6.42 Å². The van der Waals surface area contributed by atoms with E-state index in [1.807, 2.05) is 6.92 Å². The lowest BCUT2D eigenvalue weighted by molar-refractivity contribution is 0.0846. The van der Waals surface area contributed by atoms with Crippen molar-refractivity contribution in [3.8, 4) is 0 Å². The van der Waals surface area contributed by atoms with Crippen molar-refractivity contribution < 1.29 is 14.0 Å². The number of imidazole rings is 1. The molecule has 0 atom stereocenters. The molecule has 2 N–H and O–H groups in total. The maximum absolute atomic E-state index is 12.8. The zero-order valence-electron chi connectivity index (χ0n) is 16.3. The first-order chi connectivity index (χ1) is 13.4. The van der Waals surface area contributed by atoms with Crippen LogP contribution in [0.3, 0.4) is 0 Å². The first-order valence-electron chi connectivity index (χ1n) is 9.48. The number of carbonyl (C=O) groups is 2. The van der Waals surface area contributed by atoms with E-state index in [9.17, 15) is 9.59 Å². The summed E-state index contributed by atoms with van der Waals surface area (Å²) >= 11 is 0. The number of hydrogen-bond acceptors (Lipinski definition) is 5. The second-order valence-corrected chi connectivity index (χ2v) is 7.21. The monoisotopic (exact) mass is 381 g/mol. The number of amides is 2. The van der Waals surface area contributed by atoms with Gasteiger partial charge < -0.3 is 8.98 Å². The van der Waals surface area contributed by atoms with Crippen molar-refractivity contribution in [3.63, 3.8) is 0 Å². The molecule has 8 nitrogen and oxygen atoms in total. The highest BCUT2D eigenvalue weighted by Crippen LogP contribution is 2.24. The highest BCUT2D eigenvalue weighted by Gasteiger charge is 2.21. The molecule has 4 heterocycles. The van der Waals surface area contributed by atoms with Gasteiger partial charge in [0.25, 0.3) is 11.8 Å². The Morgan fingerprint density at radius 3 is 2.46 bits per heavy atom. The Morgan fingerprint density at radius 1 is 1.00 bits per heavy atom. The number of fused-ring (bicyclic) bond motifs is 3. The number of hydrogen-bond donors (Lipinski definition) is 2. The molecule has 0 aromatic carbocycles. The average Bonchev–Trinajstić information content (AvgIpc) is 3.07. The summed E-state index contributed by atoms with van der Waals surface area (Å²) < 4.78 is 7.48. The summed E-state index contributed by atoms with van der Waals surface area (Å²) in [5, 5.41) is 0. The Hall–Kier alpha value is -3.16. The summed E-state index contributed by atoms with van der Waals surface area (Å²) in [5.74, 6) is 1.26. The Labute approximate surface area is 162 Å². The minimum absolute atomic E-state index is 0.391. The smallest absolute Gasteiger partial charge is 0.273 e. The van der Waals surface area contributed by atoms with Crippen LogP contribution >= 0.6 is 0 Å². The van der Waals surface area contributed by atoms with Gasteiger partial charge in [0.05, 0.1) is 11.1 Å². The van der Waals surface area contributed by atoms with E-state index in [0.717, 1.165) is 43.0 Å². The van der Waals surface area contributed by atoms with Crippen LogP contribution in [-0.2, 0) is 13.0 Å². The predicted molar refractivity (Wildman–Crippen MR) is 103 cm³/mol. The molecule has 1 aliphatic rings. The van der Waals surface area contributed by atoms with Crippen molar-refractivity contribution in [2.75, 3.05) is 0 Å². The maximum Gasteiger partial charge on any atom is 0.273 e. The summed E-state index contributed by atoms with van der Waals surface area (Å²) in [6.07, 6.45) is 4.22. The number of nitrogens with zero attached hydrogens (tertiary/aromatic N) is 3. The summed E-state index contributed by atoms with van der Waals surface area (Å²) in [5.41, 5.74) is 7.78. The van der Waals surface area contributed by atoms with Gasteiger partial charge in [0.1, 0.15) is 22.9 Å². The zero-order valence-corrected chi connectivity index (χ0v) is 16.3. The molecule has 8 heteroatoms. The molecule has 28 heavy (non-hydrogen) atoms. The van der Waals surface area contributed by atoms with Crippen LogP contribution in [0.2, 0.25) is 0 Å². The van der Waals surface area contributed by atoms with Gasteiger partial charge >= 0.3 is 0 Å². The van der Waals surface area contributed by atoms with Crippen LogP contribution in [0.1, 0.15) is 63.0 Å². The molecule has 1 aliphatic heterocycles. The topological polar surface area (TPSA) is 102 Å². The van der Waals surface area contributed by atoms with E-state index in [-0.39, 0.29) is 0 Å². The Bertz CT molecular complexity index is 1080. The summed E-state index contributed by atoms with van der Waals surface area (Å²) in [6.45, 7) is 6.18. The normalized spacial score (nSPS) is 13.8. The quantitative estimate of drug-likeness (QED) is 0.665. The van der Waals surface area contributed by atoms with Crippen molar-refractivity contribution in [3.05, 3.63) is 46.3 Å². The number of aryl methyl sites for hydroxylation is 5. The van der Waals surface area contributed by atoms with Crippen molar-refractivity contribution in [1.82, 2.24) is 25.4 Å². The molecular weight excluding hydrogens is 358 g/mol. The number of aromatic nitrogens is 3. The molecule has 0 fully saturated rings. The second-order valence-electron chi connectivity index (χ2n) is 7.21. The SMILES string of the molecule is Cc1cc(C(=O)NNC(=O)c2cc(C)oc2C)c2nc3n(c2n1)CCCCC3. The van der Waals surface area contributed by atoms with Gasteiger partial charge in [-0.3, -0.25) is 20.4 Å². The molecular formula is C20H23N5O3. The van der Waals surface area contributed by atoms with Crippen molar-refractivity contribution in [1.29, 1.82) is 0 Å². The van der Waals surface area contributed by atoms with Gasteiger partial charge in [-0.25, -0.2) is 9.97 Å². The number of pyridine rings is 1. The van der Waals surface area contributed by atoms with Crippen molar-refractivity contribution in [2.24, 2.45) is 0 Å². The fourth-order valence-electron chi connectivity index (χ4n) is 3.69. The maximum atomic E-state index is 12.8. The molecule has 0 saturated carbocycles. The molecule has 4 rings (SSSR count). The van der Waals surface area contributed by atoms with Crippen LogP contribution in [0.15, 0.2) is 16.5 Å². The van der Waals surface area contributed by atoms with Crippen LogP contribution in [0.4, 0.5) is 0 Å². The van der Waals surface area contributed by atoms with Crippen molar-refractivity contribution >= 4 is 23.0 Å². The van der Waals surface area contributed by atoms with E-state index in [1.54, 1.807) is 26.0 Å². The third-order valence-electron chi connectivity index (χ3n) is 5.01. The molecule has 0 radical (unpaired) electrons. The van der Waals surface area contributed by atoms with Crippen molar-refractivity contribution in [2.45, 2.75) is 53.0 Å². The Balaban J connectivity index is 1.60. The molecule has 2 amide bonds. The first kappa shape index (κ1) is 18.2. The zero-order chi connectivity index (χ0) is 19.8. The third-order valence-corrected chi connectivity index (χ3v) is 5.01. The molecule has 0 bridgehead atoms. The summed E-state index contributed by atoms with van der Waals surface area (Å²) in [4.78, 5) is 34.4. The van der Waals surface area contributed by atoms with Crippen LogP contribution in [-0.4, -0.2) is 26.3 Å². The van der Waals surface area contributed by atoms with Gasteiger partial charge in [0.2, 0.25) is 0 Å². The van der Waals surface area contributed by atoms with Crippen LogP contribution < -0.4 is 10.9 Å². The Morgan fingerprint density at radius 2 is 1.75 bits per heavy atom. The van der Waals surface area contributed by atoms with E-state index >= 15 is 0 Å². The number of nitrogens with one attached hydrogen (secondary N) is 2. The molecule has 0 spiro atoms. The second kappa shape index (κ2) is 7.10. The van der Waals surface area contributed by atoms with E-state index < -0.39 is 11.8 Å². The van der Waals surface area contributed by atoms with Gasteiger partial charge in [-0.05, 0) is 45.7 Å². The standard InChI is InChI=1S/C20H23N5O3/c1-11-9-15(17-18(21-11)25-8-6-4-5-7-16(25)22-17)20(27)24-23-19(26)14-10-12(2)28-13(14)3/h9-10H,4-8H2,1-3H3,(H,23,26)(H,24,27). The summed E-state index contributed by atoms with van der Waals surface area (Å²) in [7, 11) is 0. The fraction of sp³-hybridized carbons (Fsp3) is 0.400. The minimum atomic E-state index is -0.426. The molecule has 0 saturated heterocycles. The van der Waals surface area contributed by atoms with Gasteiger partial charge in [0, 0.05) is 18.7 Å². The molecule has 0 unspecified atom stereocenters. The van der Waals surface area contributed by atoms with E-state index in [1.165, 1.54) is 6.42 Å². The van der Waals surface area contributed by atoms with Crippen LogP contribution in [0.25, 0.3) is 11.2 Å². The Kier molecular flexibility index (Phi) is 4.62. The van der Waals surface area contributed by atoms with Gasteiger partial charge in [0.15, 0.2) is 5.65 Å². The number of rotatable bonds is 2. The van der Waals surface area contributed by atoms with Crippen LogP contribution in [0, 0.1) is 20.8 Å².